The number of aliphatic carboxylic acids is 1. The minimum Gasteiger partial charge on any atom is -0.481 e. The highest BCUT2D eigenvalue weighted by Crippen LogP contribution is 2.25. The van der Waals surface area contributed by atoms with E-state index in [-0.39, 0.29) is 30.3 Å². The molecule has 20 heavy (non-hydrogen) atoms. The fourth-order valence-electron chi connectivity index (χ4n) is 2.27. The average Bonchev–Trinajstić information content (AvgIpc) is 3.06. The number of amides is 2. The van der Waals surface area contributed by atoms with E-state index in [1.165, 1.54) is 11.3 Å². The molecule has 2 rings (SSSR count). The third kappa shape index (κ3) is 3.80. The number of carboxylic acid groups (broad SMARTS) is 1. The number of carbonyl (C=O) groups is 3. The van der Waals surface area contributed by atoms with E-state index in [4.69, 9.17) is 5.11 Å². The minimum atomic E-state index is -0.812. The standard InChI is InChI=1S/C13H16N2O4S/c16-11(7-14-12(17)10-2-1-5-20-10)15-9-4-3-8(6-9)13(18)19/h1-2,5,8-9H,3-4,6-7H2,(H,14,17)(H,15,16)(H,18,19). The molecule has 0 aliphatic heterocycles. The van der Waals surface area contributed by atoms with E-state index in [9.17, 15) is 14.4 Å². The van der Waals surface area contributed by atoms with E-state index in [1.54, 1.807) is 17.5 Å². The van der Waals surface area contributed by atoms with Crippen molar-refractivity contribution in [2.75, 3.05) is 6.54 Å². The highest BCUT2D eigenvalue weighted by atomic mass is 32.1. The third-order valence-electron chi connectivity index (χ3n) is 3.30. The lowest BCUT2D eigenvalue weighted by Gasteiger charge is -2.12. The van der Waals surface area contributed by atoms with Gasteiger partial charge in [-0.3, -0.25) is 14.4 Å². The summed E-state index contributed by atoms with van der Waals surface area (Å²) in [6.45, 7) is -0.0923. The Morgan fingerprint density at radius 2 is 2.15 bits per heavy atom. The number of hydrogen-bond acceptors (Lipinski definition) is 4. The van der Waals surface area contributed by atoms with Gasteiger partial charge >= 0.3 is 5.97 Å². The summed E-state index contributed by atoms with van der Waals surface area (Å²) in [5.41, 5.74) is 0. The Kier molecular flexibility index (Phi) is 4.73. The van der Waals surface area contributed by atoms with Crippen LogP contribution in [-0.2, 0) is 9.59 Å². The zero-order valence-electron chi connectivity index (χ0n) is 10.8. The largest absolute Gasteiger partial charge is 0.481 e. The number of rotatable bonds is 5. The van der Waals surface area contributed by atoms with Crippen molar-refractivity contribution in [3.63, 3.8) is 0 Å². The smallest absolute Gasteiger partial charge is 0.306 e. The lowest BCUT2D eigenvalue weighted by Crippen LogP contribution is -2.41. The monoisotopic (exact) mass is 296 g/mol. The number of nitrogens with one attached hydrogen (secondary N) is 2. The first-order chi connectivity index (χ1) is 9.56. The van der Waals surface area contributed by atoms with E-state index in [1.807, 2.05) is 0 Å². The first-order valence-corrected chi connectivity index (χ1v) is 7.28. The molecule has 108 valence electrons. The van der Waals surface area contributed by atoms with Crippen molar-refractivity contribution < 1.29 is 19.5 Å². The molecule has 2 unspecified atom stereocenters. The lowest BCUT2D eigenvalue weighted by molar-refractivity contribution is -0.141. The van der Waals surface area contributed by atoms with Crippen LogP contribution in [0.3, 0.4) is 0 Å². The predicted molar refractivity (Wildman–Crippen MR) is 73.6 cm³/mol. The van der Waals surface area contributed by atoms with Gasteiger partial charge in [0.1, 0.15) is 0 Å². The molecule has 0 saturated heterocycles. The van der Waals surface area contributed by atoms with Crippen LogP contribution < -0.4 is 10.6 Å². The van der Waals surface area contributed by atoms with Crippen molar-refractivity contribution in [1.82, 2.24) is 10.6 Å². The fraction of sp³-hybridized carbons (Fsp3) is 0.462. The van der Waals surface area contributed by atoms with Crippen LogP contribution >= 0.6 is 11.3 Å². The Balaban J connectivity index is 1.71. The van der Waals surface area contributed by atoms with Crippen LogP contribution in [0.4, 0.5) is 0 Å². The number of carbonyl (C=O) groups excluding carboxylic acids is 2. The van der Waals surface area contributed by atoms with E-state index < -0.39 is 5.97 Å². The van der Waals surface area contributed by atoms with Gasteiger partial charge < -0.3 is 15.7 Å². The molecule has 0 spiro atoms. The maximum Gasteiger partial charge on any atom is 0.306 e. The van der Waals surface area contributed by atoms with Gasteiger partial charge in [-0.25, -0.2) is 0 Å². The Morgan fingerprint density at radius 3 is 2.75 bits per heavy atom. The topological polar surface area (TPSA) is 95.5 Å². The van der Waals surface area contributed by atoms with Gasteiger partial charge in [-0.05, 0) is 30.7 Å². The second-order valence-electron chi connectivity index (χ2n) is 4.77. The summed E-state index contributed by atoms with van der Waals surface area (Å²) in [5, 5.41) is 16.0. The zero-order chi connectivity index (χ0) is 14.5. The van der Waals surface area contributed by atoms with Crippen molar-refractivity contribution in [2.24, 2.45) is 5.92 Å². The molecule has 1 aliphatic rings. The van der Waals surface area contributed by atoms with Crippen molar-refractivity contribution in [3.8, 4) is 0 Å². The Hall–Kier alpha value is -1.89. The Labute approximate surface area is 120 Å². The maximum absolute atomic E-state index is 11.7. The summed E-state index contributed by atoms with van der Waals surface area (Å²) in [6, 6.07) is 3.35. The molecule has 1 heterocycles. The molecule has 0 bridgehead atoms. The summed E-state index contributed by atoms with van der Waals surface area (Å²) < 4.78 is 0. The van der Waals surface area contributed by atoms with Crippen LogP contribution in [0.1, 0.15) is 28.9 Å². The summed E-state index contributed by atoms with van der Waals surface area (Å²) in [6.07, 6.45) is 1.71. The molecule has 6 nitrogen and oxygen atoms in total. The Morgan fingerprint density at radius 1 is 1.35 bits per heavy atom. The molecule has 0 radical (unpaired) electrons. The quantitative estimate of drug-likeness (QED) is 0.750. The van der Waals surface area contributed by atoms with Crippen molar-refractivity contribution >= 4 is 29.1 Å². The average molecular weight is 296 g/mol. The SMILES string of the molecule is O=C(CNC(=O)c1cccs1)NC1CCC(C(=O)O)C1. The summed E-state index contributed by atoms with van der Waals surface area (Å²) in [7, 11) is 0. The number of carboxylic acids is 1. The van der Waals surface area contributed by atoms with Crippen molar-refractivity contribution in [1.29, 1.82) is 0 Å². The predicted octanol–water partition coefficient (Wildman–Crippen LogP) is 0.847. The molecular weight excluding hydrogens is 280 g/mol. The van der Waals surface area contributed by atoms with Crippen molar-refractivity contribution in [2.45, 2.75) is 25.3 Å². The molecular formula is C13H16N2O4S. The van der Waals surface area contributed by atoms with Crippen LogP contribution in [0.5, 0.6) is 0 Å². The fourth-order valence-corrected chi connectivity index (χ4v) is 2.91. The summed E-state index contributed by atoms with van der Waals surface area (Å²) in [4.78, 5) is 34.7. The molecule has 1 aliphatic carbocycles. The second kappa shape index (κ2) is 6.51. The van der Waals surface area contributed by atoms with Gasteiger partial charge in [0.05, 0.1) is 17.3 Å². The van der Waals surface area contributed by atoms with Gasteiger partial charge in [-0.2, -0.15) is 0 Å². The first-order valence-electron chi connectivity index (χ1n) is 6.40. The normalized spacial score (nSPS) is 21.4. The maximum atomic E-state index is 11.7. The highest BCUT2D eigenvalue weighted by molar-refractivity contribution is 7.12. The van der Waals surface area contributed by atoms with Gasteiger partial charge in [0, 0.05) is 6.04 Å². The van der Waals surface area contributed by atoms with E-state index in [0.29, 0.717) is 24.1 Å². The summed E-state index contributed by atoms with van der Waals surface area (Å²) in [5.74, 6) is -1.75. The highest BCUT2D eigenvalue weighted by Gasteiger charge is 2.30. The molecule has 1 aromatic heterocycles. The van der Waals surface area contributed by atoms with Gasteiger partial charge in [0.15, 0.2) is 0 Å². The van der Waals surface area contributed by atoms with Crippen LogP contribution in [-0.4, -0.2) is 35.5 Å². The lowest BCUT2D eigenvalue weighted by atomic mass is 10.1. The van der Waals surface area contributed by atoms with Crippen molar-refractivity contribution in [3.05, 3.63) is 22.4 Å². The molecule has 7 heteroatoms. The van der Waals surface area contributed by atoms with Gasteiger partial charge in [0.25, 0.3) is 5.91 Å². The molecule has 1 fully saturated rings. The molecule has 2 amide bonds. The molecule has 1 aromatic rings. The zero-order valence-corrected chi connectivity index (χ0v) is 11.6. The summed E-state index contributed by atoms with van der Waals surface area (Å²) >= 11 is 1.31. The minimum absolute atomic E-state index is 0.0923. The first kappa shape index (κ1) is 14.5. The van der Waals surface area contributed by atoms with Crippen LogP contribution in [0.15, 0.2) is 17.5 Å². The van der Waals surface area contributed by atoms with Crippen LogP contribution in [0.2, 0.25) is 0 Å². The number of thiophene rings is 1. The van der Waals surface area contributed by atoms with Gasteiger partial charge in [-0.15, -0.1) is 11.3 Å². The van der Waals surface area contributed by atoms with E-state index in [0.717, 1.165) is 0 Å². The molecule has 3 N–H and O–H groups in total. The molecule has 0 aromatic carbocycles. The van der Waals surface area contributed by atoms with Gasteiger partial charge in [0.2, 0.25) is 5.91 Å². The molecule has 2 atom stereocenters. The number of hydrogen-bond donors (Lipinski definition) is 3. The third-order valence-corrected chi connectivity index (χ3v) is 4.17. The van der Waals surface area contributed by atoms with Crippen LogP contribution in [0.25, 0.3) is 0 Å². The van der Waals surface area contributed by atoms with Gasteiger partial charge in [-0.1, -0.05) is 6.07 Å². The van der Waals surface area contributed by atoms with Crippen LogP contribution in [0, 0.1) is 5.92 Å². The Bertz CT molecular complexity index is 500. The molecule has 1 saturated carbocycles. The van der Waals surface area contributed by atoms with E-state index in [2.05, 4.69) is 10.6 Å². The van der Waals surface area contributed by atoms with E-state index >= 15 is 0 Å². The second-order valence-corrected chi connectivity index (χ2v) is 5.72.